The average Bonchev–Trinajstić information content (AvgIpc) is 3.49. The first-order valence-electron chi connectivity index (χ1n) is 19.4. The van der Waals surface area contributed by atoms with Gasteiger partial charge in [-0.2, -0.15) is 5.10 Å². The number of likely N-dealkylation sites (N-methyl/N-ethyl adjacent to an activating group) is 1. The molecule has 3 aliphatic heterocycles. The molecule has 2 atom stereocenters. The zero-order valence-electron chi connectivity index (χ0n) is 33.5. The number of rotatable bonds is 10. The summed E-state index contributed by atoms with van der Waals surface area (Å²) in [7, 11) is 2.10. The van der Waals surface area contributed by atoms with E-state index < -0.39 is 5.82 Å². The maximum absolute atomic E-state index is 15.4. The fourth-order valence-corrected chi connectivity index (χ4v) is 6.43. The Hall–Kier alpha value is -4.90. The Kier molecular flexibility index (Phi) is 15.9. The van der Waals surface area contributed by atoms with Crippen molar-refractivity contribution in [3.8, 4) is 5.75 Å². The van der Waals surface area contributed by atoms with Gasteiger partial charge in [-0.05, 0) is 108 Å². The van der Waals surface area contributed by atoms with Crippen molar-refractivity contribution in [3.63, 3.8) is 0 Å². The number of nitrogens with one attached hydrogen (secondary N) is 1. The summed E-state index contributed by atoms with van der Waals surface area (Å²) in [6.07, 6.45) is 20.1. The van der Waals surface area contributed by atoms with Crippen LogP contribution >= 0.6 is 0 Å². The number of fused-ring (bicyclic) bond motifs is 2. The highest BCUT2D eigenvalue weighted by Crippen LogP contribution is 2.34. The van der Waals surface area contributed by atoms with E-state index in [1.165, 1.54) is 37.2 Å². The molecule has 0 saturated carbocycles. The molecule has 0 radical (unpaired) electrons. The van der Waals surface area contributed by atoms with E-state index in [0.717, 1.165) is 62.2 Å². The standard InChI is InChI=1S/C31H36FN7O.C9H15NO.C3H8/c1-6-8-12-38-18-20(3)9-10-23-16-27-29(37-31(23)38)30(34-19-33-27)36-26-14-21(4)28(17-25(26)32)40-24-11-13-39(35-7-2)22(5)15-24;1-8(11)5-6-9-4-3-7-10(9)2;1-3-2/h7,11,13-17,19-20H,5-6,8-10,12,18H2,1-4H3,(H,33,34,36);5-6,9H,3-4,7H2,1-2H3;3H2,1-2H3/b35-7-;6-5+;. The zero-order valence-corrected chi connectivity index (χ0v) is 33.5. The molecule has 54 heavy (non-hydrogen) atoms. The van der Waals surface area contributed by atoms with Crippen LogP contribution in [-0.2, 0) is 11.2 Å². The van der Waals surface area contributed by atoms with Gasteiger partial charge in [0, 0.05) is 43.7 Å². The molecule has 1 N–H and O–H groups in total. The molecule has 0 spiro atoms. The van der Waals surface area contributed by atoms with E-state index in [1.54, 1.807) is 48.6 Å². The summed E-state index contributed by atoms with van der Waals surface area (Å²) in [5.41, 5.74) is 4.29. The third-order valence-electron chi connectivity index (χ3n) is 9.28. The van der Waals surface area contributed by atoms with Crippen LogP contribution in [0.15, 0.2) is 78.2 Å². The second-order valence-corrected chi connectivity index (χ2v) is 14.3. The van der Waals surface area contributed by atoms with Crippen molar-refractivity contribution in [2.75, 3.05) is 36.9 Å². The Balaban J connectivity index is 0.000000392. The Bertz CT molecular complexity index is 1870. The number of aromatic nitrogens is 3. The van der Waals surface area contributed by atoms with Crippen molar-refractivity contribution in [2.24, 2.45) is 11.0 Å². The number of nitrogens with zero attached hydrogens (tertiary/aromatic N) is 7. The van der Waals surface area contributed by atoms with Crippen LogP contribution in [0.5, 0.6) is 5.75 Å². The van der Waals surface area contributed by atoms with Gasteiger partial charge >= 0.3 is 0 Å². The highest BCUT2D eigenvalue weighted by Gasteiger charge is 2.23. The van der Waals surface area contributed by atoms with Crippen LogP contribution in [-0.4, -0.2) is 69.6 Å². The van der Waals surface area contributed by atoms with E-state index in [2.05, 4.69) is 77.6 Å². The summed E-state index contributed by atoms with van der Waals surface area (Å²) in [5, 5.41) is 9.00. The van der Waals surface area contributed by atoms with Gasteiger partial charge in [0.15, 0.2) is 11.6 Å². The SMILES string of the molecule is C=C1C=C(Oc2cc(F)c(Nc3ncnc4cc5c(nc34)N(CCCC)CC(C)CC5)cc2C)C=CN1/N=C\C.CC(=O)/C=C/C1CCCN1C.CCC. The third kappa shape index (κ3) is 11.5. The minimum atomic E-state index is -0.461. The molecule has 1 saturated heterocycles. The first-order valence-corrected chi connectivity index (χ1v) is 19.4. The molecule has 10 nitrogen and oxygen atoms in total. The summed E-state index contributed by atoms with van der Waals surface area (Å²) >= 11 is 0. The minimum absolute atomic E-state index is 0.144. The van der Waals surface area contributed by atoms with Gasteiger partial charge in [0.25, 0.3) is 0 Å². The first-order chi connectivity index (χ1) is 26.0. The summed E-state index contributed by atoms with van der Waals surface area (Å²) in [6.45, 7) is 21.1. The van der Waals surface area contributed by atoms with Gasteiger partial charge in [0.1, 0.15) is 35.0 Å². The molecule has 0 bridgehead atoms. The molecule has 1 fully saturated rings. The second-order valence-electron chi connectivity index (χ2n) is 14.3. The van der Waals surface area contributed by atoms with Crippen LogP contribution in [0, 0.1) is 18.7 Å². The topological polar surface area (TPSA) is 99.1 Å². The number of carbonyl (C=O) groups excluding carboxylic acids is 1. The number of hydrazone groups is 1. The Morgan fingerprint density at radius 3 is 2.63 bits per heavy atom. The number of aryl methyl sites for hydroxylation is 2. The van der Waals surface area contributed by atoms with Crippen LogP contribution in [0.3, 0.4) is 0 Å². The second kappa shape index (κ2) is 20.5. The highest BCUT2D eigenvalue weighted by atomic mass is 19.1. The van der Waals surface area contributed by atoms with Crippen molar-refractivity contribution < 1.29 is 13.9 Å². The van der Waals surface area contributed by atoms with Crippen LogP contribution < -0.4 is 15.0 Å². The molecule has 0 amide bonds. The smallest absolute Gasteiger partial charge is 0.160 e. The largest absolute Gasteiger partial charge is 0.457 e. The predicted molar refractivity (Wildman–Crippen MR) is 221 cm³/mol. The molecule has 2 unspecified atom stereocenters. The Morgan fingerprint density at radius 1 is 1.19 bits per heavy atom. The van der Waals surface area contributed by atoms with Crippen molar-refractivity contribution in [1.29, 1.82) is 0 Å². The molecule has 5 heterocycles. The van der Waals surface area contributed by atoms with Crippen LogP contribution in [0.1, 0.15) is 91.2 Å². The van der Waals surface area contributed by atoms with Gasteiger partial charge in [-0.1, -0.05) is 53.2 Å². The highest BCUT2D eigenvalue weighted by molar-refractivity contribution is 5.89. The normalized spacial score (nSPS) is 18.5. The number of halogens is 1. The van der Waals surface area contributed by atoms with E-state index in [0.29, 0.717) is 46.2 Å². The molecule has 290 valence electrons. The van der Waals surface area contributed by atoms with Gasteiger partial charge < -0.3 is 15.0 Å². The lowest BCUT2D eigenvalue weighted by Gasteiger charge is -2.26. The lowest BCUT2D eigenvalue weighted by atomic mass is 10.0. The van der Waals surface area contributed by atoms with Crippen molar-refractivity contribution in [2.45, 2.75) is 99.5 Å². The number of hydrogen-bond acceptors (Lipinski definition) is 10. The van der Waals surface area contributed by atoms with Gasteiger partial charge in [-0.3, -0.25) is 9.69 Å². The predicted octanol–water partition coefficient (Wildman–Crippen LogP) is 9.66. The maximum atomic E-state index is 15.4. The number of likely N-dealkylation sites (tertiary alicyclic amines) is 1. The average molecular weight is 739 g/mol. The molecule has 1 aromatic carbocycles. The Morgan fingerprint density at radius 2 is 1.96 bits per heavy atom. The zero-order chi connectivity index (χ0) is 39.2. The van der Waals surface area contributed by atoms with E-state index in [9.17, 15) is 4.79 Å². The van der Waals surface area contributed by atoms with Crippen molar-refractivity contribution in [1.82, 2.24) is 24.9 Å². The summed E-state index contributed by atoms with van der Waals surface area (Å²) in [4.78, 5) is 29.3. The molecule has 6 rings (SSSR count). The molecule has 3 aliphatic rings. The number of benzene rings is 1. The van der Waals surface area contributed by atoms with E-state index in [1.807, 2.05) is 19.9 Å². The van der Waals surface area contributed by atoms with E-state index >= 15 is 4.39 Å². The molecule has 2 aromatic heterocycles. The Labute approximate surface area is 321 Å². The summed E-state index contributed by atoms with van der Waals surface area (Å²) in [5.74, 6) is 2.68. The van der Waals surface area contributed by atoms with E-state index in [4.69, 9.17) is 9.72 Å². The van der Waals surface area contributed by atoms with Crippen LogP contribution in [0.2, 0.25) is 0 Å². The van der Waals surface area contributed by atoms with Crippen LogP contribution in [0.4, 0.5) is 21.7 Å². The third-order valence-corrected chi connectivity index (χ3v) is 9.28. The van der Waals surface area contributed by atoms with Gasteiger partial charge in [-0.25, -0.2) is 24.4 Å². The van der Waals surface area contributed by atoms with Crippen molar-refractivity contribution in [3.05, 3.63) is 90.0 Å². The lowest BCUT2D eigenvalue weighted by molar-refractivity contribution is -0.112. The molecule has 3 aromatic rings. The summed E-state index contributed by atoms with van der Waals surface area (Å²) < 4.78 is 21.4. The number of unbranched alkanes of at least 4 members (excludes halogenated alkanes) is 1. The number of anilines is 3. The van der Waals surface area contributed by atoms with Gasteiger partial charge in [-0.15, -0.1) is 0 Å². The minimum Gasteiger partial charge on any atom is -0.457 e. The van der Waals surface area contributed by atoms with Gasteiger partial charge in [0.2, 0.25) is 0 Å². The lowest BCUT2D eigenvalue weighted by Crippen LogP contribution is -2.29. The van der Waals surface area contributed by atoms with Crippen LogP contribution in [0.25, 0.3) is 11.0 Å². The first kappa shape index (κ1) is 41.9. The molecule has 0 aliphatic carbocycles. The number of hydrogen-bond donors (Lipinski definition) is 1. The fraction of sp³-hybridized carbons (Fsp3) is 0.465. The maximum Gasteiger partial charge on any atom is 0.160 e. The van der Waals surface area contributed by atoms with Gasteiger partial charge in [0.05, 0.1) is 16.9 Å². The van der Waals surface area contributed by atoms with Crippen molar-refractivity contribution >= 4 is 40.4 Å². The number of ether oxygens (including phenoxy) is 1. The number of carbonyl (C=O) groups is 1. The quantitative estimate of drug-likeness (QED) is 0.161. The monoisotopic (exact) mass is 738 g/mol. The molecule has 11 heteroatoms. The molecular formula is C43H59FN8O2. The van der Waals surface area contributed by atoms with E-state index in [-0.39, 0.29) is 5.78 Å². The molecular weight excluding hydrogens is 680 g/mol. The number of pyridine rings is 1. The summed E-state index contributed by atoms with van der Waals surface area (Å²) in [6, 6.07) is 5.71. The number of ketones is 1. The number of allylic oxidation sites excluding steroid dienone is 3. The fourth-order valence-electron chi connectivity index (χ4n) is 6.43.